The quantitative estimate of drug-likeness (QED) is 0.368. The molecule has 2 rings (SSSR count). The molecule has 0 aliphatic heterocycles. The summed E-state index contributed by atoms with van der Waals surface area (Å²) in [5.41, 5.74) is 0.499. The Kier molecular flexibility index (Phi) is 7.30. The van der Waals surface area contributed by atoms with Gasteiger partial charge in [0.25, 0.3) is 0 Å². The highest BCUT2D eigenvalue weighted by Crippen LogP contribution is 2.41. The SMILES string of the molecule is CC(Cl)(Sc1ccc(-c2nc(C(Cl)(Cl)Cl)nc(C(Cl)(Cl)Cl)n2)cc1)C(=O)O. The van der Waals surface area contributed by atoms with Gasteiger partial charge in [-0.3, -0.25) is 0 Å². The van der Waals surface area contributed by atoms with Crippen LogP contribution in [0.4, 0.5) is 0 Å². The number of hydrogen-bond acceptors (Lipinski definition) is 5. The number of halogens is 7. The van der Waals surface area contributed by atoms with E-state index in [4.69, 9.17) is 86.3 Å². The summed E-state index contributed by atoms with van der Waals surface area (Å²) in [6, 6.07) is 6.52. The van der Waals surface area contributed by atoms with E-state index in [0.717, 1.165) is 11.8 Å². The summed E-state index contributed by atoms with van der Waals surface area (Å²) in [4.78, 5) is 23.8. The molecule has 13 heteroatoms. The first-order valence-corrected chi connectivity index (χ1v) is 10.3. The lowest BCUT2D eigenvalue weighted by atomic mass is 10.2. The molecule has 1 unspecified atom stereocenters. The molecule has 0 bridgehead atoms. The largest absolute Gasteiger partial charge is 0.479 e. The summed E-state index contributed by atoms with van der Waals surface area (Å²) in [7, 11) is 0. The van der Waals surface area contributed by atoms with Crippen molar-refractivity contribution < 1.29 is 9.90 Å². The van der Waals surface area contributed by atoms with Gasteiger partial charge in [0.2, 0.25) is 7.59 Å². The molecule has 146 valence electrons. The number of aromatic nitrogens is 3. The summed E-state index contributed by atoms with van der Waals surface area (Å²) >= 11 is 42.0. The van der Waals surface area contributed by atoms with Crippen LogP contribution in [0.5, 0.6) is 0 Å². The number of rotatable bonds is 4. The van der Waals surface area contributed by atoms with Crippen LogP contribution in [0.2, 0.25) is 0 Å². The van der Waals surface area contributed by atoms with E-state index >= 15 is 0 Å². The zero-order valence-corrected chi connectivity index (χ0v) is 19.2. The Hall–Kier alpha value is 0.0800. The predicted molar refractivity (Wildman–Crippen MR) is 111 cm³/mol. The van der Waals surface area contributed by atoms with E-state index in [-0.39, 0.29) is 17.5 Å². The molecule has 0 fully saturated rings. The molecule has 1 atom stereocenters. The maximum Gasteiger partial charge on any atom is 0.335 e. The second kappa shape index (κ2) is 8.44. The molecule has 0 saturated heterocycles. The Balaban J connectivity index is 2.44. The molecule has 0 amide bonds. The fourth-order valence-electron chi connectivity index (χ4n) is 1.70. The predicted octanol–water partition coefficient (Wildman–Crippen LogP) is 6.32. The van der Waals surface area contributed by atoms with Gasteiger partial charge in [-0.2, -0.15) is 0 Å². The maximum atomic E-state index is 11.1. The molecule has 1 aromatic carbocycles. The smallest absolute Gasteiger partial charge is 0.335 e. The van der Waals surface area contributed by atoms with E-state index in [1.54, 1.807) is 24.3 Å². The second-order valence-electron chi connectivity index (χ2n) is 5.15. The van der Waals surface area contributed by atoms with Gasteiger partial charge in [0, 0.05) is 10.5 Å². The lowest BCUT2D eigenvalue weighted by Gasteiger charge is -2.17. The van der Waals surface area contributed by atoms with Crippen molar-refractivity contribution in [1.82, 2.24) is 15.0 Å². The molecule has 1 aromatic heterocycles. The van der Waals surface area contributed by atoms with Crippen molar-refractivity contribution in [3.8, 4) is 11.4 Å². The van der Waals surface area contributed by atoms with Crippen LogP contribution in [0.3, 0.4) is 0 Å². The van der Waals surface area contributed by atoms with Crippen molar-refractivity contribution in [3.05, 3.63) is 35.9 Å². The average molecular weight is 530 g/mol. The van der Waals surface area contributed by atoms with Gasteiger partial charge in [0.05, 0.1) is 0 Å². The van der Waals surface area contributed by atoms with Crippen LogP contribution in [-0.4, -0.2) is 30.2 Å². The van der Waals surface area contributed by atoms with Crippen molar-refractivity contribution >= 4 is 98.9 Å². The molecule has 0 aliphatic rings. The average Bonchev–Trinajstić information content (AvgIpc) is 2.53. The highest BCUT2D eigenvalue weighted by molar-refractivity contribution is 8.02. The number of benzene rings is 1. The Morgan fingerprint density at radius 3 is 1.70 bits per heavy atom. The standard InChI is InChI=1S/C14H8Cl7N3O2S/c1-12(15,11(25)26)27-7-4-2-6(3-5-7)8-22-9(13(16,17)18)24-10(23-8)14(19,20)21/h2-5H,1H3,(H,25,26). The van der Waals surface area contributed by atoms with Crippen LogP contribution >= 0.6 is 93.0 Å². The molecule has 0 spiro atoms. The van der Waals surface area contributed by atoms with Gasteiger partial charge in [-0.25, -0.2) is 19.7 Å². The summed E-state index contributed by atoms with van der Waals surface area (Å²) < 4.78 is -5.43. The van der Waals surface area contributed by atoms with Crippen LogP contribution in [0.1, 0.15) is 18.6 Å². The van der Waals surface area contributed by atoms with Crippen molar-refractivity contribution in [2.45, 2.75) is 23.6 Å². The number of aliphatic carboxylic acids is 1. The molecular weight excluding hydrogens is 522 g/mol. The van der Waals surface area contributed by atoms with Crippen molar-refractivity contribution in [1.29, 1.82) is 0 Å². The monoisotopic (exact) mass is 527 g/mol. The Bertz CT molecular complexity index is 819. The number of carboxylic acid groups (broad SMARTS) is 1. The van der Waals surface area contributed by atoms with Gasteiger partial charge in [-0.05, 0) is 19.1 Å². The minimum Gasteiger partial charge on any atom is -0.479 e. The molecule has 1 heterocycles. The molecule has 0 radical (unpaired) electrons. The van der Waals surface area contributed by atoms with E-state index in [2.05, 4.69) is 15.0 Å². The van der Waals surface area contributed by atoms with Gasteiger partial charge in [-0.15, -0.1) is 0 Å². The zero-order chi connectivity index (χ0) is 20.6. The van der Waals surface area contributed by atoms with Gasteiger partial charge < -0.3 is 5.11 Å². The lowest BCUT2D eigenvalue weighted by Crippen LogP contribution is -2.23. The molecule has 27 heavy (non-hydrogen) atoms. The number of hydrogen-bond donors (Lipinski definition) is 1. The summed E-state index contributed by atoms with van der Waals surface area (Å²) in [6.45, 7) is 1.38. The van der Waals surface area contributed by atoms with Gasteiger partial charge in [0.1, 0.15) is 0 Å². The number of alkyl halides is 7. The minimum absolute atomic E-state index is 0.107. The van der Waals surface area contributed by atoms with Gasteiger partial charge in [-0.1, -0.05) is 105 Å². The fourth-order valence-corrected chi connectivity index (χ4v) is 3.27. The molecule has 2 aromatic rings. The Labute approximate surface area is 193 Å². The van der Waals surface area contributed by atoms with E-state index in [0.29, 0.717) is 10.5 Å². The maximum absolute atomic E-state index is 11.1. The van der Waals surface area contributed by atoms with Crippen LogP contribution in [0.15, 0.2) is 29.2 Å². The summed E-state index contributed by atoms with van der Waals surface area (Å²) in [5, 5.41) is 9.09. The highest BCUT2D eigenvalue weighted by atomic mass is 35.6. The van der Waals surface area contributed by atoms with Crippen molar-refractivity contribution in [3.63, 3.8) is 0 Å². The highest BCUT2D eigenvalue weighted by Gasteiger charge is 2.34. The zero-order valence-electron chi connectivity index (χ0n) is 13.1. The third-order valence-electron chi connectivity index (χ3n) is 2.95. The number of carbonyl (C=O) groups is 1. The second-order valence-corrected chi connectivity index (χ2v) is 12.2. The molecule has 0 aliphatic carbocycles. The third kappa shape index (κ3) is 6.28. The molecule has 5 nitrogen and oxygen atoms in total. The Morgan fingerprint density at radius 1 is 0.889 bits per heavy atom. The number of carboxylic acids is 1. The first kappa shape index (κ1) is 23.4. The number of nitrogens with zero attached hydrogens (tertiary/aromatic N) is 3. The number of thioether (sulfide) groups is 1. The topological polar surface area (TPSA) is 76.0 Å². The van der Waals surface area contributed by atoms with Gasteiger partial charge >= 0.3 is 5.97 Å². The van der Waals surface area contributed by atoms with Crippen molar-refractivity contribution in [2.24, 2.45) is 0 Å². The van der Waals surface area contributed by atoms with E-state index in [9.17, 15) is 4.79 Å². The van der Waals surface area contributed by atoms with E-state index in [1.165, 1.54) is 6.92 Å². The van der Waals surface area contributed by atoms with Crippen LogP contribution in [0, 0.1) is 0 Å². The Morgan fingerprint density at radius 2 is 1.33 bits per heavy atom. The van der Waals surface area contributed by atoms with Crippen LogP contribution < -0.4 is 0 Å². The molecule has 1 N–H and O–H groups in total. The molecular formula is C14H8Cl7N3O2S. The molecule has 0 saturated carbocycles. The van der Waals surface area contributed by atoms with E-state index in [1.807, 2.05) is 0 Å². The van der Waals surface area contributed by atoms with Crippen LogP contribution in [0.25, 0.3) is 11.4 Å². The first-order chi connectivity index (χ1) is 12.2. The van der Waals surface area contributed by atoms with E-state index < -0.39 is 17.8 Å². The first-order valence-electron chi connectivity index (χ1n) is 6.82. The van der Waals surface area contributed by atoms with Crippen molar-refractivity contribution in [2.75, 3.05) is 0 Å². The lowest BCUT2D eigenvalue weighted by molar-refractivity contribution is -0.137. The summed E-state index contributed by atoms with van der Waals surface area (Å²) in [6.07, 6.45) is 0. The normalized spacial score (nSPS) is 14.7. The van der Waals surface area contributed by atoms with Gasteiger partial charge in [0.15, 0.2) is 21.7 Å². The summed E-state index contributed by atoms with van der Waals surface area (Å²) in [5.74, 6) is -1.47. The van der Waals surface area contributed by atoms with Crippen LogP contribution in [-0.2, 0) is 12.4 Å². The third-order valence-corrected chi connectivity index (χ3v) is 5.42. The minimum atomic E-state index is -1.96. The fraction of sp³-hybridized carbons (Fsp3) is 0.286.